The second-order valence-electron chi connectivity index (χ2n) is 4.70. The highest BCUT2D eigenvalue weighted by molar-refractivity contribution is 5.78. The van der Waals surface area contributed by atoms with Gasteiger partial charge in [-0.3, -0.25) is 9.67 Å². The molecule has 1 atom stereocenters. The molecule has 19 heavy (non-hydrogen) atoms. The minimum absolute atomic E-state index is 0.705. The lowest BCUT2D eigenvalue weighted by Crippen LogP contribution is -2.06. The zero-order valence-corrected chi connectivity index (χ0v) is 10.9. The van der Waals surface area contributed by atoms with Crippen molar-refractivity contribution in [3.8, 4) is 0 Å². The number of hydrogen-bond acceptors (Lipinski definition) is 3. The van der Waals surface area contributed by atoms with Crippen LogP contribution in [0.5, 0.6) is 0 Å². The Morgan fingerprint density at radius 3 is 2.74 bits per heavy atom. The number of hydrogen-bond donors (Lipinski definition) is 1. The molecule has 3 rings (SSSR count). The molecule has 0 aliphatic rings. The van der Waals surface area contributed by atoms with Crippen LogP contribution in [0.3, 0.4) is 0 Å². The Kier molecular flexibility index (Phi) is 2.80. The van der Waals surface area contributed by atoms with Gasteiger partial charge in [0.15, 0.2) is 0 Å². The Hall–Kier alpha value is -2.20. The molecular weight excluding hydrogens is 238 g/mol. The van der Waals surface area contributed by atoms with Crippen LogP contribution >= 0.6 is 0 Å². The van der Waals surface area contributed by atoms with Crippen LogP contribution in [0.1, 0.15) is 23.1 Å². The first-order valence-corrected chi connectivity index (χ1v) is 6.18. The first-order chi connectivity index (χ1) is 9.15. The van der Waals surface area contributed by atoms with Crippen molar-refractivity contribution in [2.75, 3.05) is 0 Å². The highest BCUT2D eigenvalue weighted by Crippen LogP contribution is 2.24. The van der Waals surface area contributed by atoms with Crippen molar-refractivity contribution in [3.63, 3.8) is 0 Å². The molecule has 0 saturated carbocycles. The first-order valence-electron chi connectivity index (χ1n) is 6.18. The lowest BCUT2D eigenvalue weighted by atomic mass is 10.1. The largest absolute Gasteiger partial charge is 0.382 e. The number of aliphatic hydroxyl groups excluding tert-OH is 1. The highest BCUT2D eigenvalue weighted by atomic mass is 16.3. The third-order valence-electron chi connectivity index (χ3n) is 3.25. The lowest BCUT2D eigenvalue weighted by molar-refractivity contribution is 0.209. The summed E-state index contributed by atoms with van der Waals surface area (Å²) >= 11 is 0. The van der Waals surface area contributed by atoms with Gasteiger partial charge in [0.2, 0.25) is 0 Å². The number of aliphatic hydroxyl groups is 1. The van der Waals surface area contributed by atoms with Crippen LogP contribution in [0.25, 0.3) is 10.9 Å². The SMILES string of the molecule is Cc1cc(C(O)c2cnc3ccccc3c2)n(C)n1. The maximum absolute atomic E-state index is 10.4. The second kappa shape index (κ2) is 4.48. The molecule has 0 aliphatic heterocycles. The molecule has 96 valence electrons. The summed E-state index contributed by atoms with van der Waals surface area (Å²) in [4.78, 5) is 4.37. The van der Waals surface area contributed by atoms with Crippen LogP contribution in [-0.4, -0.2) is 19.9 Å². The van der Waals surface area contributed by atoms with Crippen molar-refractivity contribution in [1.29, 1.82) is 0 Å². The first kappa shape index (κ1) is 11.9. The van der Waals surface area contributed by atoms with Crippen LogP contribution < -0.4 is 0 Å². The minimum atomic E-state index is -0.705. The molecule has 1 aromatic carbocycles. The number of aromatic nitrogens is 3. The van der Waals surface area contributed by atoms with Gasteiger partial charge >= 0.3 is 0 Å². The van der Waals surface area contributed by atoms with E-state index in [0.717, 1.165) is 27.9 Å². The van der Waals surface area contributed by atoms with E-state index in [1.165, 1.54) is 0 Å². The molecule has 0 amide bonds. The van der Waals surface area contributed by atoms with E-state index in [0.29, 0.717) is 0 Å². The van der Waals surface area contributed by atoms with Crippen LogP contribution in [0.4, 0.5) is 0 Å². The number of aryl methyl sites for hydroxylation is 2. The summed E-state index contributed by atoms with van der Waals surface area (Å²) in [5.41, 5.74) is 3.38. The third-order valence-corrected chi connectivity index (χ3v) is 3.25. The van der Waals surface area contributed by atoms with Crippen molar-refractivity contribution in [3.05, 3.63) is 59.5 Å². The molecule has 1 N–H and O–H groups in total. The molecular formula is C15H15N3O. The molecule has 4 nitrogen and oxygen atoms in total. The normalized spacial score (nSPS) is 12.8. The van der Waals surface area contributed by atoms with Gasteiger partial charge in [-0.2, -0.15) is 5.10 Å². The smallest absolute Gasteiger partial charge is 0.122 e. The Bertz CT molecular complexity index is 733. The van der Waals surface area contributed by atoms with Gasteiger partial charge in [-0.25, -0.2) is 0 Å². The molecule has 3 aromatic rings. The standard InChI is InChI=1S/C15H15N3O/c1-10-7-14(18(2)17-10)15(19)12-8-11-5-3-4-6-13(11)16-9-12/h3-9,15,19H,1-2H3. The predicted octanol–water partition coefficient (Wildman–Crippen LogP) is 2.36. The van der Waals surface area contributed by atoms with Gasteiger partial charge in [-0.05, 0) is 25.1 Å². The summed E-state index contributed by atoms with van der Waals surface area (Å²) in [7, 11) is 1.83. The van der Waals surface area contributed by atoms with E-state index in [9.17, 15) is 5.11 Å². The summed E-state index contributed by atoms with van der Waals surface area (Å²) in [6.07, 6.45) is 1.01. The van der Waals surface area contributed by atoms with E-state index in [-0.39, 0.29) is 0 Å². The second-order valence-corrected chi connectivity index (χ2v) is 4.70. The average molecular weight is 253 g/mol. The summed E-state index contributed by atoms with van der Waals surface area (Å²) in [6, 6.07) is 11.7. The van der Waals surface area contributed by atoms with Gasteiger partial charge in [0.25, 0.3) is 0 Å². The summed E-state index contributed by atoms with van der Waals surface area (Å²) in [5.74, 6) is 0. The fourth-order valence-corrected chi connectivity index (χ4v) is 2.29. The zero-order chi connectivity index (χ0) is 13.4. The fourth-order valence-electron chi connectivity index (χ4n) is 2.29. The molecule has 0 fully saturated rings. The van der Waals surface area contributed by atoms with Gasteiger partial charge < -0.3 is 5.11 Å². The molecule has 0 bridgehead atoms. The third kappa shape index (κ3) is 2.11. The van der Waals surface area contributed by atoms with E-state index >= 15 is 0 Å². The maximum atomic E-state index is 10.4. The van der Waals surface area contributed by atoms with Crippen molar-refractivity contribution in [2.45, 2.75) is 13.0 Å². The molecule has 4 heteroatoms. The number of pyridine rings is 1. The van der Waals surface area contributed by atoms with Gasteiger partial charge in [0.1, 0.15) is 6.10 Å². The molecule has 2 aromatic heterocycles. The van der Waals surface area contributed by atoms with Crippen LogP contribution in [0, 0.1) is 6.92 Å². The number of nitrogens with zero attached hydrogens (tertiary/aromatic N) is 3. The number of rotatable bonds is 2. The summed E-state index contributed by atoms with van der Waals surface area (Å²) in [6.45, 7) is 1.91. The molecule has 0 saturated heterocycles. The number of para-hydroxylation sites is 1. The van der Waals surface area contributed by atoms with E-state index in [4.69, 9.17) is 0 Å². The lowest BCUT2D eigenvalue weighted by Gasteiger charge is -2.11. The summed E-state index contributed by atoms with van der Waals surface area (Å²) in [5, 5.41) is 15.7. The topological polar surface area (TPSA) is 50.9 Å². The van der Waals surface area contributed by atoms with Crippen LogP contribution in [-0.2, 0) is 7.05 Å². The van der Waals surface area contributed by atoms with E-state index < -0.39 is 6.10 Å². The van der Waals surface area contributed by atoms with Gasteiger partial charge in [-0.1, -0.05) is 18.2 Å². The Morgan fingerprint density at radius 2 is 2.00 bits per heavy atom. The van der Waals surface area contributed by atoms with Crippen molar-refractivity contribution >= 4 is 10.9 Å². The van der Waals surface area contributed by atoms with Crippen molar-refractivity contribution in [1.82, 2.24) is 14.8 Å². The molecule has 0 radical (unpaired) electrons. The van der Waals surface area contributed by atoms with Crippen molar-refractivity contribution < 1.29 is 5.11 Å². The van der Waals surface area contributed by atoms with Crippen molar-refractivity contribution in [2.24, 2.45) is 7.05 Å². The molecule has 1 unspecified atom stereocenters. The quantitative estimate of drug-likeness (QED) is 0.762. The Balaban J connectivity index is 2.06. The predicted molar refractivity (Wildman–Crippen MR) is 73.7 cm³/mol. The summed E-state index contributed by atoms with van der Waals surface area (Å²) < 4.78 is 1.70. The van der Waals surface area contributed by atoms with Gasteiger partial charge in [0.05, 0.1) is 16.9 Å². The maximum Gasteiger partial charge on any atom is 0.122 e. The average Bonchev–Trinajstić information content (AvgIpc) is 2.76. The minimum Gasteiger partial charge on any atom is -0.382 e. The van der Waals surface area contributed by atoms with Crippen LogP contribution in [0.15, 0.2) is 42.6 Å². The Labute approximate surface area is 111 Å². The molecule has 0 spiro atoms. The monoisotopic (exact) mass is 253 g/mol. The Morgan fingerprint density at radius 1 is 1.21 bits per heavy atom. The molecule has 0 aliphatic carbocycles. The van der Waals surface area contributed by atoms with E-state index in [2.05, 4.69) is 10.1 Å². The van der Waals surface area contributed by atoms with E-state index in [1.807, 2.05) is 50.4 Å². The van der Waals surface area contributed by atoms with Gasteiger partial charge in [-0.15, -0.1) is 0 Å². The zero-order valence-electron chi connectivity index (χ0n) is 10.9. The number of benzene rings is 1. The van der Waals surface area contributed by atoms with Gasteiger partial charge in [0, 0.05) is 24.2 Å². The number of fused-ring (bicyclic) bond motifs is 1. The van der Waals surface area contributed by atoms with E-state index in [1.54, 1.807) is 10.9 Å². The highest BCUT2D eigenvalue weighted by Gasteiger charge is 2.16. The van der Waals surface area contributed by atoms with Crippen LogP contribution in [0.2, 0.25) is 0 Å². The molecule has 2 heterocycles. The fraction of sp³-hybridized carbons (Fsp3) is 0.200.